The van der Waals surface area contributed by atoms with Crippen molar-refractivity contribution in [2.24, 2.45) is 5.92 Å². The van der Waals surface area contributed by atoms with E-state index in [1.165, 1.54) is 16.0 Å². The van der Waals surface area contributed by atoms with Crippen LogP contribution in [0.5, 0.6) is 0 Å². The van der Waals surface area contributed by atoms with Crippen LogP contribution in [0.3, 0.4) is 0 Å². The predicted octanol–water partition coefficient (Wildman–Crippen LogP) is 1.56. The fourth-order valence-electron chi connectivity index (χ4n) is 4.83. The molecule has 7 nitrogen and oxygen atoms in total. The van der Waals surface area contributed by atoms with Gasteiger partial charge in [0, 0.05) is 32.4 Å². The van der Waals surface area contributed by atoms with Crippen LogP contribution in [0.4, 0.5) is 10.5 Å². The van der Waals surface area contributed by atoms with Crippen molar-refractivity contribution >= 4 is 17.6 Å². The van der Waals surface area contributed by atoms with Gasteiger partial charge in [0.05, 0.1) is 0 Å². The Labute approximate surface area is 160 Å². The Morgan fingerprint density at radius 2 is 1.78 bits per heavy atom. The molecule has 27 heavy (non-hydrogen) atoms. The lowest BCUT2D eigenvalue weighted by atomic mass is 10.0. The van der Waals surface area contributed by atoms with E-state index < -0.39 is 0 Å². The quantitative estimate of drug-likeness (QED) is 0.855. The van der Waals surface area contributed by atoms with E-state index in [1.54, 1.807) is 11.9 Å². The summed E-state index contributed by atoms with van der Waals surface area (Å²) in [6, 6.07) is 6.01. The summed E-state index contributed by atoms with van der Waals surface area (Å²) < 4.78 is 0. The summed E-state index contributed by atoms with van der Waals surface area (Å²) in [5, 5.41) is 3.57. The topological polar surface area (TPSA) is 59.1 Å². The fraction of sp³-hybridized carbons (Fsp3) is 0.600. The Morgan fingerprint density at radius 3 is 2.41 bits per heavy atom. The van der Waals surface area contributed by atoms with Gasteiger partial charge in [0.2, 0.25) is 0 Å². The number of likely N-dealkylation sites (N-methyl/N-ethyl adjacent to an activating group) is 2. The van der Waals surface area contributed by atoms with Crippen molar-refractivity contribution in [3.05, 3.63) is 29.3 Å². The van der Waals surface area contributed by atoms with Gasteiger partial charge < -0.3 is 9.80 Å². The minimum atomic E-state index is -0.339. The molecule has 3 aliphatic rings. The van der Waals surface area contributed by atoms with Crippen LogP contribution in [0.2, 0.25) is 0 Å². The van der Waals surface area contributed by atoms with Gasteiger partial charge in [-0.05, 0) is 49.9 Å². The molecule has 7 heteroatoms. The molecule has 0 radical (unpaired) electrons. The average molecular weight is 371 g/mol. The number of nitrogens with one attached hydrogen (secondary N) is 1. The molecule has 3 aliphatic heterocycles. The van der Waals surface area contributed by atoms with Gasteiger partial charge in [-0.1, -0.05) is 13.0 Å². The lowest BCUT2D eigenvalue weighted by Crippen LogP contribution is -2.66. The Bertz CT molecular complexity index is 761. The highest BCUT2D eigenvalue weighted by molar-refractivity contribution is 6.00. The molecule has 3 fully saturated rings. The number of carbonyl (C=O) groups excluding carboxylic acids is 2. The predicted molar refractivity (Wildman–Crippen MR) is 104 cm³/mol. The number of urea groups is 1. The molecule has 146 valence electrons. The minimum absolute atomic E-state index is 0.0879. The molecule has 0 spiro atoms. The number of imide groups is 1. The molecule has 0 aliphatic carbocycles. The van der Waals surface area contributed by atoms with E-state index in [1.807, 2.05) is 6.92 Å². The third-order valence-corrected chi connectivity index (χ3v) is 5.94. The second-order valence-electron chi connectivity index (χ2n) is 8.21. The Balaban J connectivity index is 1.72. The molecule has 4 atom stereocenters. The lowest BCUT2D eigenvalue weighted by molar-refractivity contribution is -0.138. The van der Waals surface area contributed by atoms with Crippen molar-refractivity contribution < 1.29 is 9.59 Å². The minimum Gasteiger partial charge on any atom is -0.343 e. The number of hydrogen-bond acceptors (Lipinski definition) is 5. The number of amides is 3. The summed E-state index contributed by atoms with van der Waals surface area (Å²) in [4.78, 5) is 33.3. The number of benzene rings is 1. The lowest BCUT2D eigenvalue weighted by Gasteiger charge is -2.46. The number of hydrogen-bond donors (Lipinski definition) is 1. The zero-order valence-electron chi connectivity index (χ0n) is 16.8. The molecule has 3 heterocycles. The second kappa shape index (κ2) is 6.49. The largest absolute Gasteiger partial charge is 0.343 e. The van der Waals surface area contributed by atoms with E-state index >= 15 is 0 Å². The van der Waals surface area contributed by atoms with Crippen molar-refractivity contribution in [3.63, 3.8) is 0 Å². The zero-order chi connectivity index (χ0) is 19.5. The van der Waals surface area contributed by atoms with Crippen LogP contribution in [-0.2, 0) is 4.79 Å². The van der Waals surface area contributed by atoms with Crippen molar-refractivity contribution in [1.82, 2.24) is 20.0 Å². The summed E-state index contributed by atoms with van der Waals surface area (Å²) >= 11 is 0. The zero-order valence-corrected chi connectivity index (χ0v) is 16.8. The number of nitrogens with zero attached hydrogens (tertiary/aromatic N) is 4. The number of rotatable bonds is 2. The van der Waals surface area contributed by atoms with Gasteiger partial charge in [0.15, 0.2) is 0 Å². The smallest absolute Gasteiger partial charge is 0.327 e. The first-order valence-electron chi connectivity index (χ1n) is 9.76. The maximum Gasteiger partial charge on any atom is 0.327 e. The molecular weight excluding hydrogens is 342 g/mol. The standard InChI is InChI=1S/C20H29N5O2/c1-6-23-18(26)16-17(22(5)20(23)27)21-19-24(10-14(4)11-25(16)19)15-8-12(2)7-13(3)9-15/h7-9,14,16-17,19,21H,6,10-11H2,1-5H3. The summed E-state index contributed by atoms with van der Waals surface area (Å²) in [5.41, 5.74) is 3.62. The van der Waals surface area contributed by atoms with Gasteiger partial charge in [0.25, 0.3) is 5.91 Å². The Morgan fingerprint density at radius 1 is 1.11 bits per heavy atom. The first-order chi connectivity index (χ1) is 12.8. The maximum atomic E-state index is 13.1. The summed E-state index contributed by atoms with van der Waals surface area (Å²) in [5.74, 6) is 0.337. The average Bonchev–Trinajstić information content (AvgIpc) is 2.98. The third kappa shape index (κ3) is 2.80. The van der Waals surface area contributed by atoms with Gasteiger partial charge in [-0.2, -0.15) is 0 Å². The summed E-state index contributed by atoms with van der Waals surface area (Å²) in [6.07, 6.45) is -0.384. The van der Waals surface area contributed by atoms with E-state index in [4.69, 9.17) is 0 Å². The Hall–Kier alpha value is -2.12. The number of aryl methyl sites for hydroxylation is 2. The molecule has 3 amide bonds. The molecule has 4 rings (SSSR count). The van der Waals surface area contributed by atoms with Crippen LogP contribution >= 0.6 is 0 Å². The Kier molecular flexibility index (Phi) is 4.39. The number of anilines is 1. The maximum absolute atomic E-state index is 13.1. The molecule has 0 saturated carbocycles. The van der Waals surface area contributed by atoms with Crippen molar-refractivity contribution in [1.29, 1.82) is 0 Å². The van der Waals surface area contributed by atoms with Gasteiger partial charge in [-0.25, -0.2) is 4.79 Å². The summed E-state index contributed by atoms with van der Waals surface area (Å²) in [6.45, 7) is 10.5. The molecule has 0 bridgehead atoms. The van der Waals surface area contributed by atoms with Gasteiger partial charge in [-0.15, -0.1) is 0 Å². The van der Waals surface area contributed by atoms with Crippen LogP contribution in [0.1, 0.15) is 25.0 Å². The van der Waals surface area contributed by atoms with Gasteiger partial charge in [0.1, 0.15) is 18.5 Å². The monoisotopic (exact) mass is 371 g/mol. The van der Waals surface area contributed by atoms with E-state index in [-0.39, 0.29) is 30.4 Å². The third-order valence-electron chi connectivity index (χ3n) is 5.94. The van der Waals surface area contributed by atoms with Crippen LogP contribution in [-0.4, -0.2) is 71.8 Å². The molecular formula is C20H29N5O2. The molecule has 1 N–H and O–H groups in total. The highest BCUT2D eigenvalue weighted by Crippen LogP contribution is 2.34. The SMILES string of the molecule is CCN1C(=O)C2C(NC3N(c4cc(C)cc(C)c4)CC(C)CN23)N(C)C1=O. The first-order valence-corrected chi connectivity index (χ1v) is 9.76. The highest BCUT2D eigenvalue weighted by Gasteiger charge is 2.56. The number of fused-ring (bicyclic) bond motifs is 3. The second-order valence-corrected chi connectivity index (χ2v) is 8.21. The van der Waals surface area contributed by atoms with E-state index in [0.717, 1.165) is 18.8 Å². The molecule has 1 aromatic rings. The molecule has 4 unspecified atom stereocenters. The summed E-state index contributed by atoms with van der Waals surface area (Å²) in [7, 11) is 1.78. The fourth-order valence-corrected chi connectivity index (χ4v) is 4.83. The molecule has 1 aromatic carbocycles. The van der Waals surface area contributed by atoms with E-state index in [0.29, 0.717) is 12.5 Å². The number of carbonyl (C=O) groups is 2. The van der Waals surface area contributed by atoms with Crippen LogP contribution < -0.4 is 10.2 Å². The van der Waals surface area contributed by atoms with E-state index in [2.05, 4.69) is 54.1 Å². The van der Waals surface area contributed by atoms with Crippen molar-refractivity contribution in [3.8, 4) is 0 Å². The van der Waals surface area contributed by atoms with Crippen LogP contribution in [0.15, 0.2) is 18.2 Å². The van der Waals surface area contributed by atoms with Gasteiger partial charge in [-0.3, -0.25) is 19.9 Å². The molecule has 3 saturated heterocycles. The van der Waals surface area contributed by atoms with Gasteiger partial charge >= 0.3 is 6.03 Å². The van der Waals surface area contributed by atoms with Crippen LogP contribution in [0.25, 0.3) is 0 Å². The highest BCUT2D eigenvalue weighted by atomic mass is 16.2. The van der Waals surface area contributed by atoms with Crippen molar-refractivity contribution in [2.45, 2.75) is 46.2 Å². The normalized spacial score (nSPS) is 31.4. The first kappa shape index (κ1) is 18.3. The van der Waals surface area contributed by atoms with Crippen molar-refractivity contribution in [2.75, 3.05) is 31.6 Å². The van der Waals surface area contributed by atoms with E-state index in [9.17, 15) is 9.59 Å². The van der Waals surface area contributed by atoms with Crippen LogP contribution in [0, 0.1) is 19.8 Å². The molecule has 0 aromatic heterocycles.